The lowest BCUT2D eigenvalue weighted by atomic mass is 9.96. The van der Waals surface area contributed by atoms with E-state index in [4.69, 9.17) is 16.3 Å². The zero-order chi connectivity index (χ0) is 19.0. The number of piperazine rings is 1. The van der Waals surface area contributed by atoms with E-state index >= 15 is 0 Å². The van der Waals surface area contributed by atoms with Crippen molar-refractivity contribution >= 4 is 41.6 Å². The molecule has 7 heteroatoms. The van der Waals surface area contributed by atoms with Gasteiger partial charge in [-0.25, -0.2) is 0 Å². The average Bonchev–Trinajstić information content (AvgIpc) is 2.97. The van der Waals surface area contributed by atoms with Gasteiger partial charge in [-0.2, -0.15) is 0 Å². The highest BCUT2D eigenvalue weighted by Crippen LogP contribution is 2.38. The molecule has 2 aliphatic rings. The number of benzene rings is 2. The fourth-order valence-electron chi connectivity index (χ4n) is 3.73. The van der Waals surface area contributed by atoms with E-state index < -0.39 is 5.92 Å². The van der Waals surface area contributed by atoms with E-state index in [9.17, 15) is 9.59 Å². The number of hydrogen-bond acceptors (Lipinski definition) is 4. The number of rotatable bonds is 3. The van der Waals surface area contributed by atoms with Crippen LogP contribution in [0.1, 0.15) is 23.5 Å². The van der Waals surface area contributed by atoms with Crippen LogP contribution in [-0.4, -0.2) is 43.0 Å². The van der Waals surface area contributed by atoms with Crippen molar-refractivity contribution < 1.29 is 14.3 Å². The van der Waals surface area contributed by atoms with E-state index in [1.807, 2.05) is 4.90 Å². The van der Waals surface area contributed by atoms with Gasteiger partial charge in [-0.3, -0.25) is 9.59 Å². The number of fused-ring (bicyclic) bond motifs is 1. The molecule has 1 fully saturated rings. The van der Waals surface area contributed by atoms with Crippen LogP contribution in [0.4, 0.5) is 5.69 Å². The maximum atomic E-state index is 12.8. The van der Waals surface area contributed by atoms with Gasteiger partial charge in [-0.15, -0.1) is 12.4 Å². The number of carbonyl (C=O) groups is 2. The highest BCUT2D eigenvalue weighted by atomic mass is 35.5. The highest BCUT2D eigenvalue weighted by Gasteiger charge is 2.36. The number of esters is 1. The number of hydrogen-bond donors (Lipinski definition) is 0. The molecule has 0 radical (unpaired) electrons. The minimum atomic E-state index is -0.569. The van der Waals surface area contributed by atoms with Gasteiger partial charge in [0.1, 0.15) is 5.75 Å². The van der Waals surface area contributed by atoms with Gasteiger partial charge < -0.3 is 14.5 Å². The molecule has 1 amide bonds. The summed E-state index contributed by atoms with van der Waals surface area (Å²) in [7, 11) is 0. The Morgan fingerprint density at radius 2 is 1.89 bits per heavy atom. The van der Waals surface area contributed by atoms with Crippen molar-refractivity contribution in [1.82, 2.24) is 4.90 Å². The molecule has 0 bridgehead atoms. The van der Waals surface area contributed by atoms with Crippen LogP contribution in [-0.2, 0) is 9.59 Å². The van der Waals surface area contributed by atoms with Gasteiger partial charge in [-0.05, 0) is 42.8 Å². The lowest BCUT2D eigenvalue weighted by molar-refractivity contribution is -0.139. The molecule has 148 valence electrons. The van der Waals surface area contributed by atoms with Crippen molar-refractivity contribution in [2.45, 2.75) is 19.3 Å². The van der Waals surface area contributed by atoms with Crippen LogP contribution >= 0.6 is 24.0 Å². The number of halogens is 2. The van der Waals surface area contributed by atoms with E-state index in [0.717, 1.165) is 13.1 Å². The normalized spacial score (nSPS) is 18.4. The Hall–Kier alpha value is -2.24. The van der Waals surface area contributed by atoms with Gasteiger partial charge in [0.25, 0.3) is 0 Å². The van der Waals surface area contributed by atoms with Crippen LogP contribution in [0.3, 0.4) is 0 Å². The third-order valence-electron chi connectivity index (χ3n) is 5.22. The summed E-state index contributed by atoms with van der Waals surface area (Å²) in [4.78, 5) is 29.1. The maximum Gasteiger partial charge on any atom is 0.319 e. The van der Waals surface area contributed by atoms with Crippen molar-refractivity contribution in [3.05, 3.63) is 58.6 Å². The summed E-state index contributed by atoms with van der Waals surface area (Å²) in [6, 6.07) is 13.5. The molecule has 28 heavy (non-hydrogen) atoms. The molecule has 4 rings (SSSR count). The Balaban J connectivity index is 0.00000225. The second-order valence-corrected chi connectivity index (χ2v) is 7.50. The summed E-state index contributed by atoms with van der Waals surface area (Å²) >= 11 is 6.04. The zero-order valence-corrected chi connectivity index (χ0v) is 17.1. The highest BCUT2D eigenvalue weighted by molar-refractivity contribution is 6.30. The number of aryl methyl sites for hydroxylation is 1. The minimum absolute atomic E-state index is 0. The smallest absolute Gasteiger partial charge is 0.319 e. The second kappa shape index (κ2) is 8.41. The lowest BCUT2D eigenvalue weighted by Crippen LogP contribution is -2.49. The number of anilines is 1. The molecule has 0 N–H and O–H groups in total. The van der Waals surface area contributed by atoms with Crippen molar-refractivity contribution in [1.29, 1.82) is 0 Å². The van der Waals surface area contributed by atoms with Crippen molar-refractivity contribution in [2.24, 2.45) is 0 Å². The molecule has 5 nitrogen and oxygen atoms in total. The number of carbonyl (C=O) groups excluding carboxylic acids is 2. The molecule has 1 saturated heterocycles. The topological polar surface area (TPSA) is 49.9 Å². The average molecular weight is 421 g/mol. The molecular formula is C21H22Cl2N2O3. The summed E-state index contributed by atoms with van der Waals surface area (Å²) in [5.41, 5.74) is 3.12. The summed E-state index contributed by atoms with van der Waals surface area (Å²) in [5, 5.41) is 0.538. The molecule has 2 aliphatic heterocycles. The molecule has 2 heterocycles. The molecule has 1 atom stereocenters. The van der Waals surface area contributed by atoms with Crippen LogP contribution < -0.4 is 9.64 Å². The number of amides is 1. The van der Waals surface area contributed by atoms with Gasteiger partial charge in [0.05, 0.1) is 5.92 Å². The van der Waals surface area contributed by atoms with Crippen LogP contribution in [0, 0.1) is 6.92 Å². The van der Waals surface area contributed by atoms with Gasteiger partial charge >= 0.3 is 5.97 Å². The molecule has 2 aromatic rings. The summed E-state index contributed by atoms with van der Waals surface area (Å²) in [6.07, 6.45) is 0.122. The van der Waals surface area contributed by atoms with Gasteiger partial charge in [0, 0.05) is 48.9 Å². The number of ether oxygens (including phenoxy) is 1. The Morgan fingerprint density at radius 1 is 1.14 bits per heavy atom. The molecule has 2 aromatic carbocycles. The predicted octanol–water partition coefficient (Wildman–Crippen LogP) is 3.81. The van der Waals surface area contributed by atoms with Gasteiger partial charge in [0.2, 0.25) is 5.91 Å². The molecule has 0 aromatic heterocycles. The number of nitrogens with zero attached hydrogens (tertiary/aromatic N) is 2. The van der Waals surface area contributed by atoms with Crippen molar-refractivity contribution in [3.8, 4) is 5.75 Å². The first-order valence-corrected chi connectivity index (χ1v) is 9.49. The molecule has 1 unspecified atom stereocenters. The molecular weight excluding hydrogens is 399 g/mol. The molecule has 0 aliphatic carbocycles. The quantitative estimate of drug-likeness (QED) is 0.559. The minimum Gasteiger partial charge on any atom is -0.426 e. The first kappa shape index (κ1) is 20.5. The second-order valence-electron chi connectivity index (χ2n) is 7.07. The van der Waals surface area contributed by atoms with E-state index in [2.05, 4.69) is 36.1 Å². The summed E-state index contributed by atoms with van der Waals surface area (Å²) in [5.74, 6) is -0.458. The Labute approximate surface area is 175 Å². The van der Waals surface area contributed by atoms with Crippen LogP contribution in [0.5, 0.6) is 5.75 Å². The lowest BCUT2D eigenvalue weighted by Gasteiger charge is -2.36. The SMILES string of the molecule is Cc1cccc(N2CCN(C(=O)CC3C(=O)Oc4ccc(Cl)cc43)CC2)c1.Cl. The Morgan fingerprint density at radius 3 is 2.61 bits per heavy atom. The van der Waals surface area contributed by atoms with E-state index in [0.29, 0.717) is 29.4 Å². The van der Waals surface area contributed by atoms with E-state index in [1.165, 1.54) is 11.3 Å². The first-order chi connectivity index (χ1) is 13.0. The summed E-state index contributed by atoms with van der Waals surface area (Å²) in [6.45, 7) is 4.95. The third-order valence-corrected chi connectivity index (χ3v) is 5.46. The Kier molecular flexibility index (Phi) is 6.16. The van der Waals surface area contributed by atoms with Gasteiger partial charge in [-0.1, -0.05) is 23.7 Å². The van der Waals surface area contributed by atoms with Crippen LogP contribution in [0.2, 0.25) is 5.02 Å². The van der Waals surface area contributed by atoms with Gasteiger partial charge in [0.15, 0.2) is 0 Å². The first-order valence-electron chi connectivity index (χ1n) is 9.12. The van der Waals surface area contributed by atoms with Crippen molar-refractivity contribution in [3.63, 3.8) is 0 Å². The maximum absolute atomic E-state index is 12.8. The van der Waals surface area contributed by atoms with E-state index in [-0.39, 0.29) is 30.7 Å². The predicted molar refractivity (Wildman–Crippen MR) is 112 cm³/mol. The molecule has 0 saturated carbocycles. The Bertz CT molecular complexity index is 895. The third kappa shape index (κ3) is 4.10. The van der Waals surface area contributed by atoms with Crippen LogP contribution in [0.15, 0.2) is 42.5 Å². The zero-order valence-electron chi connectivity index (χ0n) is 15.6. The monoisotopic (exact) mass is 420 g/mol. The van der Waals surface area contributed by atoms with E-state index in [1.54, 1.807) is 18.2 Å². The fraction of sp³-hybridized carbons (Fsp3) is 0.333. The molecule has 0 spiro atoms. The standard InChI is InChI=1S/C21H21ClN2O3.ClH/c1-14-3-2-4-16(11-14)23-7-9-24(10-8-23)20(25)13-18-17-12-15(22)5-6-19(17)27-21(18)26;/h2-6,11-12,18H,7-10,13H2,1H3;1H. The summed E-state index contributed by atoms with van der Waals surface area (Å²) < 4.78 is 5.27. The van der Waals surface area contributed by atoms with Crippen molar-refractivity contribution in [2.75, 3.05) is 31.1 Å². The largest absolute Gasteiger partial charge is 0.426 e. The van der Waals surface area contributed by atoms with Crippen LogP contribution in [0.25, 0.3) is 0 Å². The fourth-order valence-corrected chi connectivity index (χ4v) is 3.91.